The Hall–Kier alpha value is -2.15. The number of methoxy groups -OCH3 is 1. The molecule has 0 radical (unpaired) electrons. The van der Waals surface area contributed by atoms with Crippen LogP contribution in [0.5, 0.6) is 0 Å². The molecule has 0 saturated heterocycles. The zero-order chi connectivity index (χ0) is 13.2. The second kappa shape index (κ2) is 4.85. The fourth-order valence-electron chi connectivity index (χ4n) is 1.75. The first-order valence-electron chi connectivity index (χ1n) is 5.58. The molecule has 0 aliphatic carbocycles. The molecule has 7 heteroatoms. The maximum Gasteiger partial charge on any atom is 0.316 e. The lowest BCUT2D eigenvalue weighted by Gasteiger charge is -1.97. The van der Waals surface area contributed by atoms with Crippen molar-refractivity contribution in [1.82, 2.24) is 20.2 Å². The summed E-state index contributed by atoms with van der Waals surface area (Å²) < 4.78 is 4.56. The number of para-hydroxylation sites is 1. The van der Waals surface area contributed by atoms with Gasteiger partial charge >= 0.3 is 5.97 Å². The summed E-state index contributed by atoms with van der Waals surface area (Å²) in [7, 11) is 1.35. The molecule has 3 rings (SSSR count). The molecule has 96 valence electrons. The lowest BCUT2D eigenvalue weighted by atomic mass is 10.2. The van der Waals surface area contributed by atoms with Crippen molar-refractivity contribution in [2.45, 2.75) is 5.16 Å². The Labute approximate surface area is 112 Å². The van der Waals surface area contributed by atoms with Gasteiger partial charge in [-0.05, 0) is 6.07 Å². The van der Waals surface area contributed by atoms with Crippen molar-refractivity contribution in [3.63, 3.8) is 0 Å². The summed E-state index contributed by atoms with van der Waals surface area (Å²) in [5, 5.41) is 9.60. The summed E-state index contributed by atoms with van der Waals surface area (Å²) in [5.74, 6) is -0.144. The topological polar surface area (TPSA) is 80.8 Å². The Kier molecular flexibility index (Phi) is 3.04. The van der Waals surface area contributed by atoms with Gasteiger partial charge in [-0.25, -0.2) is 4.98 Å². The third-order valence-electron chi connectivity index (χ3n) is 2.65. The van der Waals surface area contributed by atoms with Gasteiger partial charge in [0, 0.05) is 10.9 Å². The van der Waals surface area contributed by atoms with Gasteiger partial charge < -0.3 is 9.72 Å². The van der Waals surface area contributed by atoms with E-state index in [1.165, 1.54) is 18.9 Å². The van der Waals surface area contributed by atoms with Crippen molar-refractivity contribution < 1.29 is 9.53 Å². The van der Waals surface area contributed by atoms with E-state index in [1.54, 1.807) is 0 Å². The highest BCUT2D eigenvalue weighted by Crippen LogP contribution is 2.23. The lowest BCUT2D eigenvalue weighted by molar-refractivity contribution is -0.137. The predicted octanol–water partition coefficient (Wildman–Crippen LogP) is 1.77. The predicted molar refractivity (Wildman–Crippen MR) is 71.9 cm³/mol. The van der Waals surface area contributed by atoms with Crippen molar-refractivity contribution in [3.05, 3.63) is 24.3 Å². The summed E-state index contributed by atoms with van der Waals surface area (Å²) >= 11 is 1.20. The van der Waals surface area contributed by atoms with Gasteiger partial charge in [0.15, 0.2) is 5.65 Å². The van der Waals surface area contributed by atoms with E-state index in [1.807, 2.05) is 24.3 Å². The molecule has 3 aromatic rings. The molecule has 1 aromatic carbocycles. The highest BCUT2D eigenvalue weighted by Gasteiger charge is 2.10. The molecular weight excluding hydrogens is 264 g/mol. The first-order valence-corrected chi connectivity index (χ1v) is 6.57. The zero-order valence-electron chi connectivity index (χ0n) is 10.1. The standard InChI is InChI=1S/C12H10N4O2S/c1-18-9(17)6-19-12-14-11-10(15-16-12)7-4-2-3-5-8(7)13-11/h2-5H,6H2,1H3,(H,13,14,16). The van der Waals surface area contributed by atoms with E-state index in [4.69, 9.17) is 0 Å². The van der Waals surface area contributed by atoms with Crippen LogP contribution < -0.4 is 0 Å². The molecule has 0 amide bonds. The molecule has 19 heavy (non-hydrogen) atoms. The number of H-pyrrole nitrogens is 1. The SMILES string of the molecule is COC(=O)CSc1nnc2c(n1)[nH]c1ccccc12. The molecule has 1 N–H and O–H groups in total. The maximum absolute atomic E-state index is 11.1. The van der Waals surface area contributed by atoms with Crippen LogP contribution in [0.1, 0.15) is 0 Å². The van der Waals surface area contributed by atoms with Gasteiger partial charge in [0.25, 0.3) is 0 Å². The van der Waals surface area contributed by atoms with Crippen molar-refractivity contribution in [2.75, 3.05) is 12.9 Å². The minimum Gasteiger partial charge on any atom is -0.468 e. The minimum atomic E-state index is -0.314. The molecule has 0 fully saturated rings. The van der Waals surface area contributed by atoms with Gasteiger partial charge in [0.2, 0.25) is 5.16 Å². The van der Waals surface area contributed by atoms with Crippen LogP contribution in [-0.4, -0.2) is 39.0 Å². The Bertz CT molecular complexity index is 756. The number of nitrogens with one attached hydrogen (secondary N) is 1. The molecule has 2 aromatic heterocycles. The smallest absolute Gasteiger partial charge is 0.316 e. The van der Waals surface area contributed by atoms with Gasteiger partial charge in [0.1, 0.15) is 5.52 Å². The molecule has 0 unspecified atom stereocenters. The van der Waals surface area contributed by atoms with Gasteiger partial charge in [0.05, 0.1) is 12.9 Å². The molecule has 2 heterocycles. The molecule has 6 nitrogen and oxygen atoms in total. The number of aromatic nitrogens is 4. The number of fused-ring (bicyclic) bond motifs is 3. The van der Waals surface area contributed by atoms with Crippen LogP contribution in [0, 0.1) is 0 Å². The first-order chi connectivity index (χ1) is 9.28. The molecule has 0 aliphatic rings. The van der Waals surface area contributed by atoms with E-state index in [-0.39, 0.29) is 11.7 Å². The monoisotopic (exact) mass is 274 g/mol. The summed E-state index contributed by atoms with van der Waals surface area (Å²) in [6, 6.07) is 7.81. The van der Waals surface area contributed by atoms with Crippen LogP contribution in [0.25, 0.3) is 22.1 Å². The van der Waals surface area contributed by atoms with Crippen LogP contribution in [0.15, 0.2) is 29.4 Å². The number of hydrogen-bond acceptors (Lipinski definition) is 6. The Morgan fingerprint density at radius 3 is 3.05 bits per heavy atom. The largest absolute Gasteiger partial charge is 0.468 e. The van der Waals surface area contributed by atoms with Crippen molar-refractivity contribution in [1.29, 1.82) is 0 Å². The van der Waals surface area contributed by atoms with Gasteiger partial charge in [-0.15, -0.1) is 10.2 Å². The van der Waals surface area contributed by atoms with Crippen molar-refractivity contribution >= 4 is 39.8 Å². The normalized spacial score (nSPS) is 11.0. The molecule has 0 bridgehead atoms. The lowest BCUT2D eigenvalue weighted by Crippen LogP contribution is -2.04. The number of nitrogens with zero attached hydrogens (tertiary/aromatic N) is 3. The fraction of sp³-hybridized carbons (Fsp3) is 0.167. The van der Waals surface area contributed by atoms with Gasteiger partial charge in [-0.3, -0.25) is 4.79 Å². The van der Waals surface area contributed by atoms with Crippen LogP contribution in [-0.2, 0) is 9.53 Å². The third kappa shape index (κ3) is 2.24. The number of esters is 1. The Balaban J connectivity index is 1.97. The quantitative estimate of drug-likeness (QED) is 0.579. The van der Waals surface area contributed by atoms with Gasteiger partial charge in [-0.2, -0.15) is 0 Å². The number of hydrogen-bond donors (Lipinski definition) is 1. The van der Waals surface area contributed by atoms with Crippen LogP contribution in [0.3, 0.4) is 0 Å². The number of ether oxygens (including phenoxy) is 1. The molecule has 0 saturated carbocycles. The highest BCUT2D eigenvalue weighted by atomic mass is 32.2. The Morgan fingerprint density at radius 1 is 1.37 bits per heavy atom. The first kappa shape index (κ1) is 11.9. The Morgan fingerprint density at radius 2 is 2.21 bits per heavy atom. The maximum atomic E-state index is 11.1. The number of carbonyl (C=O) groups excluding carboxylic acids is 1. The van der Waals surface area contributed by atoms with E-state index in [2.05, 4.69) is 24.9 Å². The summed E-state index contributed by atoms with van der Waals surface area (Å²) in [4.78, 5) is 18.6. The second-order valence-electron chi connectivity index (χ2n) is 3.83. The van der Waals surface area contributed by atoms with E-state index < -0.39 is 0 Å². The molecule has 0 aliphatic heterocycles. The average molecular weight is 274 g/mol. The minimum absolute atomic E-state index is 0.171. The number of thioether (sulfide) groups is 1. The van der Waals surface area contributed by atoms with Crippen molar-refractivity contribution in [2.24, 2.45) is 0 Å². The summed E-state index contributed by atoms with van der Waals surface area (Å²) in [5.41, 5.74) is 2.37. The van der Waals surface area contributed by atoms with Crippen LogP contribution in [0.4, 0.5) is 0 Å². The average Bonchev–Trinajstić information content (AvgIpc) is 2.82. The number of benzene rings is 1. The summed E-state index contributed by atoms with van der Waals surface area (Å²) in [6.07, 6.45) is 0. The zero-order valence-corrected chi connectivity index (χ0v) is 10.9. The number of carbonyl (C=O) groups is 1. The van der Waals surface area contributed by atoms with Crippen molar-refractivity contribution in [3.8, 4) is 0 Å². The second-order valence-corrected chi connectivity index (χ2v) is 4.77. The fourth-order valence-corrected chi connectivity index (χ4v) is 2.37. The third-order valence-corrected chi connectivity index (χ3v) is 3.46. The molecular formula is C12H10N4O2S. The van der Waals surface area contributed by atoms with Gasteiger partial charge in [-0.1, -0.05) is 30.0 Å². The van der Waals surface area contributed by atoms with Crippen LogP contribution >= 0.6 is 11.8 Å². The van der Waals surface area contributed by atoms with E-state index in [0.29, 0.717) is 10.8 Å². The number of rotatable bonds is 3. The molecule has 0 spiro atoms. The summed E-state index contributed by atoms with van der Waals surface area (Å²) in [6.45, 7) is 0. The van der Waals surface area contributed by atoms with E-state index in [0.717, 1.165) is 16.4 Å². The molecule has 0 atom stereocenters. The van der Waals surface area contributed by atoms with E-state index >= 15 is 0 Å². The van der Waals surface area contributed by atoms with E-state index in [9.17, 15) is 4.79 Å². The number of aromatic amines is 1. The highest BCUT2D eigenvalue weighted by molar-refractivity contribution is 7.99. The van der Waals surface area contributed by atoms with Crippen LogP contribution in [0.2, 0.25) is 0 Å².